The summed E-state index contributed by atoms with van der Waals surface area (Å²) in [6, 6.07) is 4.29. The van der Waals surface area contributed by atoms with Crippen molar-refractivity contribution in [3.8, 4) is 11.6 Å². The first-order chi connectivity index (χ1) is 9.88. The Morgan fingerprint density at radius 2 is 2.20 bits per heavy atom. The molecule has 1 fully saturated rings. The molecule has 0 radical (unpaired) electrons. The molecule has 0 aromatic carbocycles. The average molecular weight is 275 g/mol. The number of methoxy groups -OCH3 is 1. The summed E-state index contributed by atoms with van der Waals surface area (Å²) in [5, 5.41) is 4.69. The lowest BCUT2D eigenvalue weighted by Crippen LogP contribution is -2.15. The third-order valence-electron chi connectivity index (χ3n) is 3.87. The maximum atomic E-state index is 5.51. The highest BCUT2D eigenvalue weighted by atomic mass is 16.5. The van der Waals surface area contributed by atoms with Gasteiger partial charge in [0.25, 0.3) is 0 Å². The first kappa shape index (κ1) is 13.4. The highest BCUT2D eigenvalue weighted by Crippen LogP contribution is 2.31. The molecule has 1 aliphatic carbocycles. The lowest BCUT2D eigenvalue weighted by molar-refractivity contribution is 0.200. The number of hydrogen-bond acceptors (Lipinski definition) is 4. The molecule has 2 aromatic rings. The van der Waals surface area contributed by atoms with Crippen molar-refractivity contribution in [1.82, 2.24) is 14.8 Å². The zero-order valence-corrected chi connectivity index (χ0v) is 11.9. The Morgan fingerprint density at radius 1 is 1.35 bits per heavy atom. The summed E-state index contributed by atoms with van der Waals surface area (Å²) in [6.45, 7) is 0.645. The SMILES string of the molecule is COCCc1nc(-c2ccco2)n(C2CCCCC2)n1. The average Bonchev–Trinajstić information content (AvgIpc) is 3.15. The van der Waals surface area contributed by atoms with E-state index in [1.54, 1.807) is 13.4 Å². The Balaban J connectivity index is 1.90. The molecule has 2 aromatic heterocycles. The van der Waals surface area contributed by atoms with Crippen LogP contribution in [0.1, 0.15) is 44.0 Å². The van der Waals surface area contributed by atoms with Gasteiger partial charge in [-0.05, 0) is 25.0 Å². The Morgan fingerprint density at radius 3 is 2.90 bits per heavy atom. The van der Waals surface area contributed by atoms with Crippen molar-refractivity contribution < 1.29 is 9.15 Å². The minimum atomic E-state index is 0.452. The first-order valence-electron chi connectivity index (χ1n) is 7.36. The Bertz CT molecular complexity index is 527. The van der Waals surface area contributed by atoms with Gasteiger partial charge in [-0.1, -0.05) is 19.3 Å². The summed E-state index contributed by atoms with van der Waals surface area (Å²) in [4.78, 5) is 4.64. The molecule has 20 heavy (non-hydrogen) atoms. The van der Waals surface area contributed by atoms with Crippen molar-refractivity contribution in [2.45, 2.75) is 44.6 Å². The molecular formula is C15H21N3O2. The molecule has 1 saturated carbocycles. The number of furan rings is 1. The molecule has 0 atom stereocenters. The second-order valence-corrected chi connectivity index (χ2v) is 5.31. The highest BCUT2D eigenvalue weighted by Gasteiger charge is 2.22. The Kier molecular flexibility index (Phi) is 4.16. The standard InChI is InChI=1S/C15H21N3O2/c1-19-11-9-14-16-15(13-8-5-10-20-13)18(17-14)12-6-3-2-4-7-12/h5,8,10,12H,2-4,6-7,9,11H2,1H3. The fourth-order valence-corrected chi connectivity index (χ4v) is 2.82. The lowest BCUT2D eigenvalue weighted by Gasteiger charge is -2.22. The van der Waals surface area contributed by atoms with Crippen LogP contribution in [0.15, 0.2) is 22.8 Å². The van der Waals surface area contributed by atoms with Crippen molar-refractivity contribution in [2.24, 2.45) is 0 Å². The van der Waals surface area contributed by atoms with Gasteiger partial charge in [0, 0.05) is 13.5 Å². The molecular weight excluding hydrogens is 254 g/mol. The molecule has 0 bridgehead atoms. The van der Waals surface area contributed by atoms with Crippen molar-refractivity contribution in [1.29, 1.82) is 0 Å². The van der Waals surface area contributed by atoms with Crippen LogP contribution in [-0.2, 0) is 11.2 Å². The maximum absolute atomic E-state index is 5.51. The van der Waals surface area contributed by atoms with Gasteiger partial charge in [-0.3, -0.25) is 0 Å². The van der Waals surface area contributed by atoms with Gasteiger partial charge >= 0.3 is 0 Å². The Labute approximate surface area is 119 Å². The van der Waals surface area contributed by atoms with Gasteiger partial charge in [0.1, 0.15) is 0 Å². The monoisotopic (exact) mass is 275 g/mol. The van der Waals surface area contributed by atoms with Gasteiger partial charge < -0.3 is 9.15 Å². The van der Waals surface area contributed by atoms with E-state index in [1.807, 2.05) is 12.1 Å². The van der Waals surface area contributed by atoms with Crippen LogP contribution in [0.2, 0.25) is 0 Å². The Hall–Kier alpha value is -1.62. The van der Waals surface area contributed by atoms with E-state index in [4.69, 9.17) is 14.3 Å². The topological polar surface area (TPSA) is 53.1 Å². The van der Waals surface area contributed by atoms with Crippen molar-refractivity contribution >= 4 is 0 Å². The molecule has 2 heterocycles. The van der Waals surface area contributed by atoms with Crippen molar-refractivity contribution in [2.75, 3.05) is 13.7 Å². The van der Waals surface area contributed by atoms with E-state index in [9.17, 15) is 0 Å². The molecule has 5 heteroatoms. The molecule has 3 rings (SSSR count). The maximum Gasteiger partial charge on any atom is 0.194 e. The molecule has 0 N–H and O–H groups in total. The molecule has 0 aliphatic heterocycles. The van der Waals surface area contributed by atoms with Gasteiger partial charge in [0.2, 0.25) is 0 Å². The molecule has 0 spiro atoms. The normalized spacial score (nSPS) is 16.6. The lowest BCUT2D eigenvalue weighted by atomic mass is 9.95. The number of ether oxygens (including phenoxy) is 1. The van der Waals surface area contributed by atoms with Crippen LogP contribution in [0.25, 0.3) is 11.6 Å². The zero-order valence-electron chi connectivity index (χ0n) is 11.9. The van der Waals surface area contributed by atoms with Gasteiger partial charge in [-0.2, -0.15) is 5.10 Å². The van der Waals surface area contributed by atoms with Crippen LogP contribution in [-0.4, -0.2) is 28.5 Å². The van der Waals surface area contributed by atoms with E-state index in [2.05, 4.69) is 9.67 Å². The number of rotatable bonds is 5. The minimum Gasteiger partial charge on any atom is -0.461 e. The fraction of sp³-hybridized carbons (Fsp3) is 0.600. The van der Waals surface area contributed by atoms with Crippen LogP contribution >= 0.6 is 0 Å². The van der Waals surface area contributed by atoms with Gasteiger partial charge in [0.15, 0.2) is 17.4 Å². The molecule has 108 valence electrons. The van der Waals surface area contributed by atoms with Crippen LogP contribution in [0.5, 0.6) is 0 Å². The van der Waals surface area contributed by atoms with Crippen LogP contribution in [0, 0.1) is 0 Å². The highest BCUT2D eigenvalue weighted by molar-refractivity contribution is 5.46. The summed E-state index contributed by atoms with van der Waals surface area (Å²) >= 11 is 0. The van der Waals surface area contributed by atoms with E-state index in [1.165, 1.54) is 32.1 Å². The summed E-state index contributed by atoms with van der Waals surface area (Å²) in [7, 11) is 1.70. The third-order valence-corrected chi connectivity index (χ3v) is 3.87. The molecule has 0 amide bonds. The molecule has 5 nitrogen and oxygen atoms in total. The largest absolute Gasteiger partial charge is 0.461 e. The van der Waals surface area contributed by atoms with Crippen LogP contribution in [0.3, 0.4) is 0 Å². The fourth-order valence-electron chi connectivity index (χ4n) is 2.82. The summed E-state index contributed by atoms with van der Waals surface area (Å²) in [6.07, 6.45) is 8.67. The van der Waals surface area contributed by atoms with E-state index in [0.717, 1.165) is 23.8 Å². The molecule has 0 saturated heterocycles. The summed E-state index contributed by atoms with van der Waals surface area (Å²) in [5.41, 5.74) is 0. The summed E-state index contributed by atoms with van der Waals surface area (Å²) < 4.78 is 12.7. The quantitative estimate of drug-likeness (QED) is 0.840. The second kappa shape index (κ2) is 6.22. The first-order valence-corrected chi connectivity index (χ1v) is 7.36. The molecule has 1 aliphatic rings. The second-order valence-electron chi connectivity index (χ2n) is 5.31. The minimum absolute atomic E-state index is 0.452. The smallest absolute Gasteiger partial charge is 0.194 e. The van der Waals surface area contributed by atoms with E-state index >= 15 is 0 Å². The van der Waals surface area contributed by atoms with Gasteiger partial charge in [-0.25, -0.2) is 9.67 Å². The predicted molar refractivity (Wildman–Crippen MR) is 75.4 cm³/mol. The van der Waals surface area contributed by atoms with Gasteiger partial charge in [-0.15, -0.1) is 0 Å². The van der Waals surface area contributed by atoms with E-state index in [-0.39, 0.29) is 0 Å². The third kappa shape index (κ3) is 2.77. The van der Waals surface area contributed by atoms with Crippen LogP contribution in [0.4, 0.5) is 0 Å². The van der Waals surface area contributed by atoms with E-state index < -0.39 is 0 Å². The van der Waals surface area contributed by atoms with Gasteiger partial charge in [0.05, 0.1) is 18.9 Å². The number of nitrogens with zero attached hydrogens (tertiary/aromatic N) is 3. The number of hydrogen-bond donors (Lipinski definition) is 0. The van der Waals surface area contributed by atoms with Crippen molar-refractivity contribution in [3.63, 3.8) is 0 Å². The van der Waals surface area contributed by atoms with Crippen molar-refractivity contribution in [3.05, 3.63) is 24.2 Å². The zero-order chi connectivity index (χ0) is 13.8. The van der Waals surface area contributed by atoms with Crippen LogP contribution < -0.4 is 0 Å². The molecule has 0 unspecified atom stereocenters. The summed E-state index contributed by atoms with van der Waals surface area (Å²) in [5.74, 6) is 2.49. The predicted octanol–water partition coefficient (Wildman–Crippen LogP) is 3.23. The number of aromatic nitrogens is 3. The van der Waals surface area contributed by atoms with E-state index in [0.29, 0.717) is 12.6 Å².